The molecule has 1 rings (SSSR count). The second-order valence-corrected chi connectivity index (χ2v) is 4.40. The molecule has 0 fully saturated rings. The molecular weight excluding hydrogens is 282 g/mol. The van der Waals surface area contributed by atoms with Crippen LogP contribution in [0.25, 0.3) is 0 Å². The minimum Gasteiger partial charge on any atom is -0.383 e. The number of aromatic nitrogens is 1. The van der Waals surface area contributed by atoms with Crippen molar-refractivity contribution in [3.05, 3.63) is 17.0 Å². The van der Waals surface area contributed by atoms with Gasteiger partial charge >= 0.3 is 0 Å². The average molecular weight is 306 g/mol. The summed E-state index contributed by atoms with van der Waals surface area (Å²) >= 11 is 0. The first-order valence-corrected chi connectivity index (χ1v) is 6.53. The van der Waals surface area contributed by atoms with E-state index >= 15 is 0 Å². The van der Waals surface area contributed by atoms with Crippen LogP contribution in [0.15, 0.2) is 4.52 Å². The normalized spacial score (nSPS) is 10.2. The molecule has 20 heavy (non-hydrogen) atoms. The van der Waals surface area contributed by atoms with Crippen molar-refractivity contribution < 1.29 is 14.1 Å². The minimum atomic E-state index is 0. The number of ether oxygens (including phenoxy) is 1. The summed E-state index contributed by atoms with van der Waals surface area (Å²) in [6, 6.07) is 0. The molecule has 0 aliphatic carbocycles. The maximum absolute atomic E-state index is 11.6. The van der Waals surface area contributed by atoms with Crippen molar-refractivity contribution in [2.75, 3.05) is 33.4 Å². The Morgan fingerprint density at radius 1 is 1.30 bits per heavy atom. The molecule has 0 unspecified atom stereocenters. The molecule has 0 aromatic carbocycles. The van der Waals surface area contributed by atoms with Crippen LogP contribution < -0.4 is 10.6 Å². The second-order valence-electron chi connectivity index (χ2n) is 4.40. The molecule has 1 aromatic heterocycles. The minimum absolute atomic E-state index is 0. The molecule has 6 nitrogen and oxygen atoms in total. The van der Waals surface area contributed by atoms with Gasteiger partial charge in [0.15, 0.2) is 0 Å². The predicted octanol–water partition coefficient (Wildman–Crippen LogP) is 0.998. The highest BCUT2D eigenvalue weighted by atomic mass is 35.5. The maximum Gasteiger partial charge on any atom is 0.220 e. The Kier molecular flexibility index (Phi) is 10.1. The van der Waals surface area contributed by atoms with Crippen LogP contribution >= 0.6 is 12.4 Å². The average Bonchev–Trinajstić information content (AvgIpc) is 2.71. The molecule has 0 saturated heterocycles. The van der Waals surface area contributed by atoms with Gasteiger partial charge in [-0.25, -0.2) is 0 Å². The number of nitrogens with zero attached hydrogens (tertiary/aromatic N) is 1. The summed E-state index contributed by atoms with van der Waals surface area (Å²) in [6.07, 6.45) is 1.13. The van der Waals surface area contributed by atoms with E-state index in [1.54, 1.807) is 7.11 Å². The van der Waals surface area contributed by atoms with Crippen LogP contribution in [0.3, 0.4) is 0 Å². The highest BCUT2D eigenvalue weighted by Gasteiger charge is 2.10. The lowest BCUT2D eigenvalue weighted by Gasteiger charge is -2.06. The number of carbonyl (C=O) groups excluding carboxylic acids is 1. The molecule has 0 saturated carbocycles. The van der Waals surface area contributed by atoms with E-state index in [2.05, 4.69) is 15.8 Å². The number of nitrogens with one attached hydrogen (secondary N) is 2. The van der Waals surface area contributed by atoms with E-state index in [1.807, 2.05) is 13.8 Å². The standard InChI is InChI=1S/C13H23N3O3.ClH/c1-10-12(11(2)19-16-10)4-5-13(17)15-7-6-14-8-9-18-3;/h14H,4-9H2,1-3H3,(H,15,17);1H. The van der Waals surface area contributed by atoms with Crippen LogP contribution in [-0.2, 0) is 16.0 Å². The zero-order valence-electron chi connectivity index (χ0n) is 12.3. The Labute approximate surface area is 126 Å². The first-order chi connectivity index (χ1) is 9.15. The molecule has 1 amide bonds. The molecule has 1 heterocycles. The Morgan fingerprint density at radius 2 is 2.05 bits per heavy atom. The number of amides is 1. The van der Waals surface area contributed by atoms with Gasteiger partial charge in [-0.15, -0.1) is 12.4 Å². The lowest BCUT2D eigenvalue weighted by atomic mass is 10.1. The third-order valence-corrected chi connectivity index (χ3v) is 2.89. The van der Waals surface area contributed by atoms with Crippen molar-refractivity contribution >= 4 is 18.3 Å². The number of hydrogen-bond donors (Lipinski definition) is 2. The fourth-order valence-electron chi connectivity index (χ4n) is 1.78. The molecule has 0 radical (unpaired) electrons. The fourth-order valence-corrected chi connectivity index (χ4v) is 1.78. The van der Waals surface area contributed by atoms with Crippen LogP contribution in [0.5, 0.6) is 0 Å². The van der Waals surface area contributed by atoms with Crippen molar-refractivity contribution in [3.63, 3.8) is 0 Å². The molecule has 0 spiro atoms. The quantitative estimate of drug-likeness (QED) is 0.666. The highest BCUT2D eigenvalue weighted by molar-refractivity contribution is 5.85. The molecule has 0 atom stereocenters. The summed E-state index contributed by atoms with van der Waals surface area (Å²) in [7, 11) is 1.66. The Hall–Kier alpha value is -1.11. The van der Waals surface area contributed by atoms with E-state index in [-0.39, 0.29) is 18.3 Å². The molecule has 0 bridgehead atoms. The van der Waals surface area contributed by atoms with Crippen LogP contribution in [0, 0.1) is 13.8 Å². The van der Waals surface area contributed by atoms with Gasteiger partial charge in [0.05, 0.1) is 12.3 Å². The van der Waals surface area contributed by atoms with Crippen LogP contribution in [0.1, 0.15) is 23.4 Å². The zero-order chi connectivity index (χ0) is 14.1. The van der Waals surface area contributed by atoms with Crippen LogP contribution in [0.2, 0.25) is 0 Å². The van der Waals surface area contributed by atoms with Gasteiger partial charge in [0.1, 0.15) is 5.76 Å². The number of hydrogen-bond acceptors (Lipinski definition) is 5. The highest BCUT2D eigenvalue weighted by Crippen LogP contribution is 2.13. The monoisotopic (exact) mass is 305 g/mol. The van der Waals surface area contributed by atoms with Gasteiger partial charge in [0.2, 0.25) is 5.91 Å². The van der Waals surface area contributed by atoms with Gasteiger partial charge in [-0.3, -0.25) is 4.79 Å². The number of halogens is 1. The van der Waals surface area contributed by atoms with Crippen molar-refractivity contribution in [3.8, 4) is 0 Å². The van der Waals surface area contributed by atoms with Crippen LogP contribution in [0.4, 0.5) is 0 Å². The summed E-state index contributed by atoms with van der Waals surface area (Å²) in [4.78, 5) is 11.6. The topological polar surface area (TPSA) is 76.4 Å². The third kappa shape index (κ3) is 6.88. The van der Waals surface area contributed by atoms with E-state index in [4.69, 9.17) is 9.26 Å². The van der Waals surface area contributed by atoms with E-state index in [0.717, 1.165) is 30.1 Å². The zero-order valence-corrected chi connectivity index (χ0v) is 13.1. The molecule has 2 N–H and O–H groups in total. The lowest BCUT2D eigenvalue weighted by molar-refractivity contribution is -0.121. The van der Waals surface area contributed by atoms with E-state index in [9.17, 15) is 4.79 Å². The van der Waals surface area contributed by atoms with Gasteiger partial charge in [-0.1, -0.05) is 5.16 Å². The number of rotatable bonds is 9. The SMILES string of the molecule is COCCNCCNC(=O)CCc1c(C)noc1C.Cl. The summed E-state index contributed by atoms with van der Waals surface area (Å²) in [5.74, 6) is 0.847. The maximum atomic E-state index is 11.6. The number of aryl methyl sites for hydroxylation is 2. The Morgan fingerprint density at radius 3 is 2.65 bits per heavy atom. The predicted molar refractivity (Wildman–Crippen MR) is 79.3 cm³/mol. The Bertz CT molecular complexity index is 377. The fraction of sp³-hybridized carbons (Fsp3) is 0.692. The molecular formula is C13H24ClN3O3. The number of carbonyl (C=O) groups is 1. The first kappa shape index (κ1) is 18.9. The first-order valence-electron chi connectivity index (χ1n) is 6.53. The Balaban J connectivity index is 0.00000361. The summed E-state index contributed by atoms with van der Waals surface area (Å²) < 4.78 is 9.97. The largest absolute Gasteiger partial charge is 0.383 e. The van der Waals surface area contributed by atoms with Gasteiger partial charge in [0, 0.05) is 38.7 Å². The van der Waals surface area contributed by atoms with Gasteiger partial charge < -0.3 is 19.9 Å². The lowest BCUT2D eigenvalue weighted by Crippen LogP contribution is -2.33. The van der Waals surface area contributed by atoms with Crippen molar-refractivity contribution in [2.24, 2.45) is 0 Å². The van der Waals surface area contributed by atoms with Gasteiger partial charge in [0.25, 0.3) is 0 Å². The van der Waals surface area contributed by atoms with Crippen molar-refractivity contribution in [1.82, 2.24) is 15.8 Å². The second kappa shape index (κ2) is 10.7. The van der Waals surface area contributed by atoms with E-state index in [1.165, 1.54) is 0 Å². The molecule has 0 aliphatic rings. The summed E-state index contributed by atoms with van der Waals surface area (Å²) in [5, 5.41) is 9.90. The molecule has 116 valence electrons. The smallest absolute Gasteiger partial charge is 0.220 e. The van der Waals surface area contributed by atoms with E-state index in [0.29, 0.717) is 26.0 Å². The molecule has 1 aromatic rings. The third-order valence-electron chi connectivity index (χ3n) is 2.89. The summed E-state index contributed by atoms with van der Waals surface area (Å²) in [5.41, 5.74) is 1.90. The van der Waals surface area contributed by atoms with Crippen LogP contribution in [-0.4, -0.2) is 44.4 Å². The molecule has 0 aliphatic heterocycles. The van der Waals surface area contributed by atoms with Gasteiger partial charge in [-0.2, -0.15) is 0 Å². The van der Waals surface area contributed by atoms with Gasteiger partial charge in [-0.05, 0) is 20.3 Å². The van der Waals surface area contributed by atoms with Crippen molar-refractivity contribution in [2.45, 2.75) is 26.7 Å². The van der Waals surface area contributed by atoms with E-state index < -0.39 is 0 Å². The molecule has 7 heteroatoms. The number of methoxy groups -OCH3 is 1. The van der Waals surface area contributed by atoms with Crippen molar-refractivity contribution in [1.29, 1.82) is 0 Å². The summed E-state index contributed by atoms with van der Waals surface area (Å²) in [6.45, 7) is 6.62.